The Balaban J connectivity index is 1.84. The highest BCUT2D eigenvalue weighted by Gasteiger charge is 2.21. The van der Waals surface area contributed by atoms with Crippen molar-refractivity contribution < 1.29 is 27.1 Å². The zero-order valence-electron chi connectivity index (χ0n) is 15.1. The van der Waals surface area contributed by atoms with Gasteiger partial charge in [0, 0.05) is 11.8 Å². The fraction of sp³-hybridized carbons (Fsp3) is 0.105. The number of rotatable bonds is 7. The van der Waals surface area contributed by atoms with Gasteiger partial charge in [0.1, 0.15) is 16.4 Å². The maximum atomic E-state index is 12.8. The van der Waals surface area contributed by atoms with Gasteiger partial charge in [-0.1, -0.05) is 6.07 Å². The highest BCUT2D eigenvalue weighted by molar-refractivity contribution is 7.92. The van der Waals surface area contributed by atoms with Gasteiger partial charge in [-0.2, -0.15) is 0 Å². The van der Waals surface area contributed by atoms with Gasteiger partial charge in [-0.05, 0) is 42.5 Å². The van der Waals surface area contributed by atoms with Gasteiger partial charge >= 0.3 is 0 Å². The number of hydrogen-bond donors (Lipinski definition) is 2. The van der Waals surface area contributed by atoms with E-state index >= 15 is 0 Å². The monoisotopic (exact) mass is 402 g/mol. The van der Waals surface area contributed by atoms with Gasteiger partial charge in [0.05, 0.1) is 26.2 Å². The molecule has 2 aromatic carbocycles. The first-order valence-electron chi connectivity index (χ1n) is 8.13. The summed E-state index contributed by atoms with van der Waals surface area (Å²) in [5.41, 5.74) is 0.668. The van der Waals surface area contributed by atoms with Crippen molar-refractivity contribution >= 4 is 27.3 Å². The van der Waals surface area contributed by atoms with Crippen LogP contribution < -0.4 is 19.5 Å². The number of sulfonamides is 1. The lowest BCUT2D eigenvalue weighted by molar-refractivity contribution is 0.0996. The smallest absolute Gasteiger partial charge is 0.291 e. The quantitative estimate of drug-likeness (QED) is 0.628. The standard InChI is InChI=1S/C19H18N2O6S/c1-25-15-8-9-16(26-2)18(12-15)28(23,24)21-14-6-3-5-13(11-14)20-19(22)17-7-4-10-27-17/h3-12,21H,1-2H3,(H,20,22). The fourth-order valence-corrected chi connectivity index (χ4v) is 3.70. The summed E-state index contributed by atoms with van der Waals surface area (Å²) in [6, 6.07) is 13.9. The highest BCUT2D eigenvalue weighted by Crippen LogP contribution is 2.30. The summed E-state index contributed by atoms with van der Waals surface area (Å²) in [6.07, 6.45) is 1.39. The zero-order chi connectivity index (χ0) is 20.1. The van der Waals surface area contributed by atoms with E-state index in [-0.39, 0.29) is 22.1 Å². The van der Waals surface area contributed by atoms with Crippen LogP contribution >= 0.6 is 0 Å². The lowest BCUT2D eigenvalue weighted by atomic mass is 10.3. The second-order valence-electron chi connectivity index (χ2n) is 5.63. The SMILES string of the molecule is COc1ccc(OC)c(S(=O)(=O)Nc2cccc(NC(=O)c3ccco3)c2)c1. The number of hydrogen-bond acceptors (Lipinski definition) is 6. The molecule has 0 unspecified atom stereocenters. The summed E-state index contributed by atoms with van der Waals surface area (Å²) < 4.78 is 43.4. The lowest BCUT2D eigenvalue weighted by Crippen LogP contribution is -2.15. The molecule has 0 radical (unpaired) electrons. The molecule has 1 heterocycles. The molecule has 146 valence electrons. The minimum atomic E-state index is -3.96. The van der Waals surface area contributed by atoms with Crippen LogP contribution in [0.2, 0.25) is 0 Å². The molecule has 2 N–H and O–H groups in total. The van der Waals surface area contributed by atoms with Gasteiger partial charge in [0.25, 0.3) is 15.9 Å². The Labute approximate surface area is 162 Å². The van der Waals surface area contributed by atoms with E-state index in [9.17, 15) is 13.2 Å². The predicted molar refractivity (Wildman–Crippen MR) is 103 cm³/mol. The number of ether oxygens (including phenoxy) is 2. The van der Waals surface area contributed by atoms with E-state index in [0.29, 0.717) is 11.4 Å². The Kier molecular flexibility index (Phi) is 5.55. The third-order valence-corrected chi connectivity index (χ3v) is 5.18. The first-order chi connectivity index (χ1) is 13.4. The largest absolute Gasteiger partial charge is 0.497 e. The summed E-state index contributed by atoms with van der Waals surface area (Å²) in [7, 11) is -1.14. The van der Waals surface area contributed by atoms with Crippen LogP contribution in [0, 0.1) is 0 Å². The molecule has 0 aliphatic rings. The molecule has 0 spiro atoms. The number of nitrogens with one attached hydrogen (secondary N) is 2. The normalized spacial score (nSPS) is 10.9. The van der Waals surface area contributed by atoms with Crippen LogP contribution in [-0.4, -0.2) is 28.5 Å². The molecule has 0 aliphatic carbocycles. The van der Waals surface area contributed by atoms with Crippen LogP contribution in [0.4, 0.5) is 11.4 Å². The van der Waals surface area contributed by atoms with Gasteiger partial charge in [-0.25, -0.2) is 8.42 Å². The number of carbonyl (C=O) groups excluding carboxylic acids is 1. The van der Waals surface area contributed by atoms with Crippen molar-refractivity contribution in [3.8, 4) is 11.5 Å². The van der Waals surface area contributed by atoms with Crippen LogP contribution in [0.3, 0.4) is 0 Å². The molecule has 3 rings (SSSR count). The summed E-state index contributed by atoms with van der Waals surface area (Å²) in [5.74, 6) is 0.253. The summed E-state index contributed by atoms with van der Waals surface area (Å²) in [5, 5.41) is 2.64. The maximum absolute atomic E-state index is 12.8. The third-order valence-electron chi connectivity index (χ3n) is 3.78. The van der Waals surface area contributed by atoms with Gasteiger partial charge < -0.3 is 19.2 Å². The Morgan fingerprint density at radius 1 is 0.964 bits per heavy atom. The average Bonchev–Trinajstić information content (AvgIpc) is 3.22. The Morgan fingerprint density at radius 3 is 2.43 bits per heavy atom. The second kappa shape index (κ2) is 8.05. The molecule has 0 fully saturated rings. The minimum Gasteiger partial charge on any atom is -0.497 e. The van der Waals surface area contributed by atoms with Crippen LogP contribution in [0.1, 0.15) is 10.6 Å². The predicted octanol–water partition coefficient (Wildman–Crippen LogP) is 3.35. The molecule has 0 bridgehead atoms. The van der Waals surface area contributed by atoms with E-state index in [1.165, 1.54) is 44.7 Å². The van der Waals surface area contributed by atoms with Gasteiger partial charge in [-0.15, -0.1) is 0 Å². The molecule has 0 saturated carbocycles. The van der Waals surface area contributed by atoms with Crippen molar-refractivity contribution in [1.82, 2.24) is 0 Å². The van der Waals surface area contributed by atoms with E-state index in [0.717, 1.165) is 0 Å². The Bertz CT molecular complexity index is 1080. The molecule has 0 atom stereocenters. The first-order valence-corrected chi connectivity index (χ1v) is 9.61. The average molecular weight is 402 g/mol. The number of anilines is 2. The molecule has 0 aliphatic heterocycles. The van der Waals surface area contributed by atoms with E-state index in [1.807, 2.05) is 0 Å². The summed E-state index contributed by atoms with van der Waals surface area (Å²) in [6.45, 7) is 0. The highest BCUT2D eigenvalue weighted by atomic mass is 32.2. The maximum Gasteiger partial charge on any atom is 0.291 e. The molecule has 3 aromatic rings. The van der Waals surface area contributed by atoms with Gasteiger partial charge in [-0.3, -0.25) is 9.52 Å². The number of methoxy groups -OCH3 is 2. The van der Waals surface area contributed by atoms with Crippen LogP contribution in [0.25, 0.3) is 0 Å². The van der Waals surface area contributed by atoms with Gasteiger partial charge in [0.2, 0.25) is 0 Å². The van der Waals surface area contributed by atoms with E-state index in [2.05, 4.69) is 10.0 Å². The number of benzene rings is 2. The molecule has 8 nitrogen and oxygen atoms in total. The topological polar surface area (TPSA) is 107 Å². The van der Waals surface area contributed by atoms with Crippen LogP contribution in [-0.2, 0) is 10.0 Å². The van der Waals surface area contributed by atoms with Crippen LogP contribution in [0.15, 0.2) is 70.2 Å². The molecule has 1 amide bonds. The first kappa shape index (κ1) is 19.3. The van der Waals surface area contributed by atoms with Crippen molar-refractivity contribution in [1.29, 1.82) is 0 Å². The van der Waals surface area contributed by atoms with Gasteiger partial charge in [0.15, 0.2) is 5.76 Å². The molecule has 0 saturated heterocycles. The fourth-order valence-electron chi connectivity index (χ4n) is 2.47. The van der Waals surface area contributed by atoms with E-state index in [1.54, 1.807) is 30.3 Å². The molecule has 1 aromatic heterocycles. The number of furan rings is 1. The van der Waals surface area contributed by atoms with Crippen molar-refractivity contribution in [2.75, 3.05) is 24.3 Å². The Morgan fingerprint density at radius 2 is 1.75 bits per heavy atom. The number of amides is 1. The molecular formula is C19H18N2O6S. The lowest BCUT2D eigenvalue weighted by Gasteiger charge is -2.13. The van der Waals surface area contributed by atoms with Crippen molar-refractivity contribution in [2.45, 2.75) is 4.90 Å². The minimum absolute atomic E-state index is 0.0700. The van der Waals surface area contributed by atoms with E-state index < -0.39 is 15.9 Å². The zero-order valence-corrected chi connectivity index (χ0v) is 15.9. The van der Waals surface area contributed by atoms with Crippen LogP contribution in [0.5, 0.6) is 11.5 Å². The summed E-state index contributed by atoms with van der Waals surface area (Å²) in [4.78, 5) is 12.0. The summed E-state index contributed by atoms with van der Waals surface area (Å²) >= 11 is 0. The third kappa shape index (κ3) is 4.26. The van der Waals surface area contributed by atoms with E-state index in [4.69, 9.17) is 13.9 Å². The molecular weight excluding hydrogens is 384 g/mol. The molecule has 9 heteroatoms. The van der Waals surface area contributed by atoms with Crippen molar-refractivity contribution in [2.24, 2.45) is 0 Å². The second-order valence-corrected chi connectivity index (χ2v) is 7.29. The van der Waals surface area contributed by atoms with Crippen molar-refractivity contribution in [3.05, 3.63) is 66.6 Å². The molecule has 28 heavy (non-hydrogen) atoms. The number of carbonyl (C=O) groups is 1. The Hall–Kier alpha value is -3.46. The van der Waals surface area contributed by atoms with Crippen molar-refractivity contribution in [3.63, 3.8) is 0 Å².